The minimum Gasteiger partial charge on any atom is -0.334 e. The van der Waals surface area contributed by atoms with Crippen molar-refractivity contribution in [2.75, 3.05) is 19.6 Å². The third kappa shape index (κ3) is 4.66. The summed E-state index contributed by atoms with van der Waals surface area (Å²) < 4.78 is 0. The van der Waals surface area contributed by atoms with Gasteiger partial charge >= 0.3 is 0 Å². The number of aromatic nitrogens is 2. The fourth-order valence-corrected chi connectivity index (χ4v) is 3.62. The molecule has 0 spiro atoms. The molecule has 2 aromatic heterocycles. The molecule has 132 valence electrons. The highest BCUT2D eigenvalue weighted by Gasteiger charge is 2.27. The molecule has 0 aromatic carbocycles. The summed E-state index contributed by atoms with van der Waals surface area (Å²) in [6.45, 7) is 4.79. The number of amides is 1. The molecule has 1 unspecified atom stereocenters. The van der Waals surface area contributed by atoms with E-state index in [2.05, 4.69) is 22.2 Å². The summed E-state index contributed by atoms with van der Waals surface area (Å²) in [7, 11) is 0. The fraction of sp³-hybridized carbons (Fsp3) is 0.438. The third-order valence-corrected chi connectivity index (χ3v) is 4.88. The summed E-state index contributed by atoms with van der Waals surface area (Å²) >= 11 is 1.46. The van der Waals surface area contributed by atoms with Crippen molar-refractivity contribution in [3.63, 3.8) is 0 Å². The van der Waals surface area contributed by atoms with Gasteiger partial charge in [-0.05, 0) is 31.5 Å². The molecule has 1 aliphatic rings. The van der Waals surface area contributed by atoms with Gasteiger partial charge in [0.25, 0.3) is 5.91 Å². The summed E-state index contributed by atoms with van der Waals surface area (Å²) in [5.41, 5.74) is 1.00. The molecule has 0 radical (unpaired) electrons. The molecule has 0 bridgehead atoms. The van der Waals surface area contributed by atoms with Gasteiger partial charge < -0.3 is 10.2 Å². The Morgan fingerprint density at radius 1 is 1.38 bits per heavy atom. The van der Waals surface area contributed by atoms with Crippen LogP contribution in [0.2, 0.25) is 0 Å². The Morgan fingerprint density at radius 3 is 2.75 bits per heavy atom. The van der Waals surface area contributed by atoms with Gasteiger partial charge in [0.15, 0.2) is 0 Å². The van der Waals surface area contributed by atoms with E-state index >= 15 is 0 Å². The number of nitrogens with zero attached hydrogens (tertiary/aromatic N) is 3. The highest BCUT2D eigenvalue weighted by Crippen LogP contribution is 2.26. The lowest BCUT2D eigenvalue weighted by Gasteiger charge is -2.27. The normalized spacial score (nSPS) is 16.1. The van der Waals surface area contributed by atoms with Crippen molar-refractivity contribution in [1.82, 2.24) is 20.2 Å². The van der Waals surface area contributed by atoms with E-state index in [9.17, 15) is 4.79 Å². The Hall–Kier alpha value is -1.21. The maximum absolute atomic E-state index is 12.8. The second-order valence-electron chi connectivity index (χ2n) is 5.41. The average molecular weight is 389 g/mol. The summed E-state index contributed by atoms with van der Waals surface area (Å²) in [6, 6.07) is 4.13. The van der Waals surface area contributed by atoms with Crippen LogP contribution in [0, 0.1) is 0 Å². The SMILES string of the molecule is CCCN(C(=O)c1cnc(-c2ccncc2)s1)C1CCNC1.Cl.Cl. The van der Waals surface area contributed by atoms with Gasteiger partial charge in [0, 0.05) is 37.1 Å². The van der Waals surface area contributed by atoms with Gasteiger partial charge in [0.2, 0.25) is 0 Å². The van der Waals surface area contributed by atoms with Crippen molar-refractivity contribution in [3.8, 4) is 10.6 Å². The van der Waals surface area contributed by atoms with E-state index in [1.165, 1.54) is 11.3 Å². The van der Waals surface area contributed by atoms with Crippen molar-refractivity contribution in [3.05, 3.63) is 35.6 Å². The lowest BCUT2D eigenvalue weighted by Crippen LogP contribution is -2.41. The van der Waals surface area contributed by atoms with Gasteiger partial charge in [0.05, 0.1) is 6.20 Å². The van der Waals surface area contributed by atoms with Crippen molar-refractivity contribution in [2.24, 2.45) is 0 Å². The molecule has 1 amide bonds. The number of carbonyl (C=O) groups is 1. The third-order valence-electron chi connectivity index (χ3n) is 3.84. The van der Waals surface area contributed by atoms with Crippen molar-refractivity contribution in [1.29, 1.82) is 0 Å². The Morgan fingerprint density at radius 2 is 2.12 bits per heavy atom. The van der Waals surface area contributed by atoms with Crippen LogP contribution in [0.5, 0.6) is 0 Å². The minimum absolute atomic E-state index is 0. The molecule has 3 rings (SSSR count). The predicted octanol–water partition coefficient (Wildman–Crippen LogP) is 3.26. The Bertz CT molecular complexity index is 632. The van der Waals surface area contributed by atoms with Gasteiger partial charge in [-0.2, -0.15) is 0 Å². The monoisotopic (exact) mass is 388 g/mol. The largest absolute Gasteiger partial charge is 0.334 e. The smallest absolute Gasteiger partial charge is 0.265 e. The van der Waals surface area contributed by atoms with Crippen LogP contribution < -0.4 is 5.32 Å². The predicted molar refractivity (Wildman–Crippen MR) is 102 cm³/mol. The van der Waals surface area contributed by atoms with E-state index in [0.717, 1.165) is 43.0 Å². The molecule has 1 aliphatic heterocycles. The van der Waals surface area contributed by atoms with Crippen LogP contribution in [-0.4, -0.2) is 46.5 Å². The highest BCUT2D eigenvalue weighted by molar-refractivity contribution is 7.16. The van der Waals surface area contributed by atoms with Crippen LogP contribution in [-0.2, 0) is 0 Å². The van der Waals surface area contributed by atoms with Crippen LogP contribution in [0.25, 0.3) is 10.6 Å². The summed E-state index contributed by atoms with van der Waals surface area (Å²) in [5.74, 6) is 0.105. The highest BCUT2D eigenvalue weighted by atomic mass is 35.5. The number of pyridine rings is 1. The lowest BCUT2D eigenvalue weighted by molar-refractivity contribution is 0.0697. The minimum atomic E-state index is 0. The van der Waals surface area contributed by atoms with Gasteiger partial charge in [-0.3, -0.25) is 9.78 Å². The zero-order valence-electron chi connectivity index (χ0n) is 13.5. The molecule has 1 saturated heterocycles. The van der Waals surface area contributed by atoms with E-state index in [1.807, 2.05) is 17.0 Å². The summed E-state index contributed by atoms with van der Waals surface area (Å²) in [6.07, 6.45) is 7.19. The van der Waals surface area contributed by atoms with Crippen LogP contribution in [0.15, 0.2) is 30.7 Å². The molecule has 24 heavy (non-hydrogen) atoms. The number of carbonyl (C=O) groups excluding carboxylic acids is 1. The first-order valence-electron chi connectivity index (χ1n) is 7.67. The molecule has 2 aromatic rings. The topological polar surface area (TPSA) is 58.1 Å². The standard InChI is InChI=1S/C16H20N4OS.2ClH/c1-2-9-20(13-5-8-18-10-13)16(21)14-11-19-15(22-14)12-3-6-17-7-4-12;;/h3-4,6-7,11,13,18H,2,5,8-10H2,1H3;2*1H. The molecular weight excluding hydrogens is 367 g/mol. The van der Waals surface area contributed by atoms with Gasteiger partial charge in [0.1, 0.15) is 9.88 Å². The van der Waals surface area contributed by atoms with Crippen LogP contribution in [0.1, 0.15) is 29.4 Å². The summed E-state index contributed by atoms with van der Waals surface area (Å²) in [4.78, 5) is 24.0. The Labute approximate surface area is 158 Å². The maximum atomic E-state index is 12.8. The van der Waals surface area contributed by atoms with E-state index < -0.39 is 0 Å². The zero-order valence-corrected chi connectivity index (χ0v) is 15.9. The van der Waals surface area contributed by atoms with Crippen LogP contribution >= 0.6 is 36.2 Å². The molecular formula is C16H22Cl2N4OS. The first-order chi connectivity index (χ1) is 10.8. The summed E-state index contributed by atoms with van der Waals surface area (Å²) in [5, 5.41) is 4.20. The molecule has 0 aliphatic carbocycles. The molecule has 1 fully saturated rings. The average Bonchev–Trinajstić information content (AvgIpc) is 3.24. The van der Waals surface area contributed by atoms with Gasteiger partial charge in [-0.1, -0.05) is 6.92 Å². The van der Waals surface area contributed by atoms with Crippen molar-refractivity contribution < 1.29 is 4.79 Å². The number of halogens is 2. The number of thiazole rings is 1. The number of rotatable bonds is 5. The molecule has 1 N–H and O–H groups in total. The molecule has 0 saturated carbocycles. The van der Waals surface area contributed by atoms with E-state index in [4.69, 9.17) is 0 Å². The lowest BCUT2D eigenvalue weighted by atomic mass is 10.2. The molecule has 8 heteroatoms. The Kier molecular flexibility index (Phi) is 8.62. The number of hydrogen-bond donors (Lipinski definition) is 1. The first kappa shape index (κ1) is 20.8. The first-order valence-corrected chi connectivity index (χ1v) is 8.49. The van der Waals surface area contributed by atoms with Gasteiger partial charge in [-0.15, -0.1) is 36.2 Å². The Balaban J connectivity index is 0.00000144. The van der Waals surface area contributed by atoms with Crippen molar-refractivity contribution >= 4 is 42.1 Å². The number of nitrogens with one attached hydrogen (secondary N) is 1. The number of hydrogen-bond acceptors (Lipinski definition) is 5. The van der Waals surface area contributed by atoms with E-state index in [1.54, 1.807) is 18.6 Å². The van der Waals surface area contributed by atoms with Crippen LogP contribution in [0.4, 0.5) is 0 Å². The molecule has 1 atom stereocenters. The van der Waals surface area contributed by atoms with E-state index in [-0.39, 0.29) is 30.7 Å². The van der Waals surface area contributed by atoms with Gasteiger partial charge in [-0.25, -0.2) is 4.98 Å². The maximum Gasteiger partial charge on any atom is 0.265 e. The second-order valence-corrected chi connectivity index (χ2v) is 6.44. The fourth-order valence-electron chi connectivity index (χ4n) is 2.74. The zero-order chi connectivity index (χ0) is 15.4. The van der Waals surface area contributed by atoms with E-state index in [0.29, 0.717) is 10.9 Å². The van der Waals surface area contributed by atoms with Crippen LogP contribution in [0.3, 0.4) is 0 Å². The second kappa shape index (κ2) is 9.93. The molecule has 3 heterocycles. The quantitative estimate of drug-likeness (QED) is 0.853. The van der Waals surface area contributed by atoms with Crippen molar-refractivity contribution in [2.45, 2.75) is 25.8 Å². The molecule has 5 nitrogen and oxygen atoms in total.